The molecule has 1 amide bonds. The van der Waals surface area contributed by atoms with Crippen molar-refractivity contribution in [2.75, 3.05) is 40.1 Å². The maximum atomic E-state index is 11.9. The molecule has 112 valence electrons. The van der Waals surface area contributed by atoms with Crippen molar-refractivity contribution in [1.29, 1.82) is 0 Å². The zero-order valence-corrected chi connectivity index (χ0v) is 11.8. The molecule has 0 aromatic heterocycles. The summed E-state index contributed by atoms with van der Waals surface area (Å²) in [6.07, 6.45) is 1.53. The van der Waals surface area contributed by atoms with Gasteiger partial charge in [-0.1, -0.05) is 13.3 Å². The number of nitrogens with zero attached hydrogens (tertiary/aromatic N) is 1. The molecule has 0 aromatic carbocycles. The molecule has 0 radical (unpaired) electrons. The second kappa shape index (κ2) is 9.12. The molecule has 0 saturated carbocycles. The van der Waals surface area contributed by atoms with Gasteiger partial charge in [-0.25, -0.2) is 4.79 Å². The Balaban J connectivity index is 2.33. The van der Waals surface area contributed by atoms with E-state index >= 15 is 0 Å². The van der Waals surface area contributed by atoms with Crippen LogP contribution in [-0.4, -0.2) is 68.3 Å². The first kappa shape index (κ1) is 16.2. The normalized spacial score (nSPS) is 22.8. The highest BCUT2D eigenvalue weighted by Crippen LogP contribution is 2.19. The summed E-state index contributed by atoms with van der Waals surface area (Å²) in [5, 5.41) is 9.66. The molecule has 1 heterocycles. The maximum Gasteiger partial charge on any atom is 0.410 e. The lowest BCUT2D eigenvalue weighted by Gasteiger charge is -2.23. The topological polar surface area (TPSA) is 68.2 Å². The van der Waals surface area contributed by atoms with Gasteiger partial charge < -0.3 is 24.2 Å². The Morgan fingerprint density at radius 2 is 2.16 bits per heavy atom. The first-order valence-electron chi connectivity index (χ1n) is 6.87. The van der Waals surface area contributed by atoms with Gasteiger partial charge in [0.1, 0.15) is 0 Å². The van der Waals surface area contributed by atoms with E-state index in [0.29, 0.717) is 39.4 Å². The van der Waals surface area contributed by atoms with Crippen molar-refractivity contribution < 1.29 is 24.1 Å². The quantitative estimate of drug-likeness (QED) is 0.670. The Labute approximate surface area is 114 Å². The molecule has 1 aliphatic heterocycles. The monoisotopic (exact) mass is 275 g/mol. The fourth-order valence-electron chi connectivity index (χ4n) is 2.02. The number of hydrogen-bond acceptors (Lipinski definition) is 5. The van der Waals surface area contributed by atoms with Crippen molar-refractivity contribution in [2.24, 2.45) is 0 Å². The average molecular weight is 275 g/mol. The van der Waals surface area contributed by atoms with Gasteiger partial charge in [-0.3, -0.25) is 0 Å². The number of β-amino-alcohol motifs (C(OH)–C–C–N with tert-alkyl or cyclic N) is 1. The molecule has 1 rings (SSSR count). The molecule has 0 bridgehead atoms. The Bertz CT molecular complexity index is 261. The minimum atomic E-state index is -0.491. The summed E-state index contributed by atoms with van der Waals surface area (Å²) in [7, 11) is 1.61. The zero-order chi connectivity index (χ0) is 14.1. The van der Waals surface area contributed by atoms with Gasteiger partial charge in [-0.05, 0) is 12.8 Å². The smallest absolute Gasteiger partial charge is 0.410 e. The van der Waals surface area contributed by atoms with Gasteiger partial charge in [0.25, 0.3) is 0 Å². The van der Waals surface area contributed by atoms with Crippen LogP contribution in [0.2, 0.25) is 0 Å². The third kappa shape index (κ3) is 5.76. The third-order valence-corrected chi connectivity index (χ3v) is 3.09. The molecule has 6 heteroatoms. The summed E-state index contributed by atoms with van der Waals surface area (Å²) in [6, 6.07) is -0.110. The number of unbranched alkanes of at least 4 members (excludes halogenated alkanes) is 1. The number of carbonyl (C=O) groups is 1. The molecular weight excluding hydrogens is 250 g/mol. The van der Waals surface area contributed by atoms with E-state index in [4.69, 9.17) is 14.2 Å². The Kier molecular flexibility index (Phi) is 7.78. The number of rotatable bonds is 8. The third-order valence-electron chi connectivity index (χ3n) is 3.09. The molecule has 2 unspecified atom stereocenters. The maximum absolute atomic E-state index is 11.9. The number of hydrogen-bond donors (Lipinski definition) is 1. The number of likely N-dealkylation sites (tertiary alicyclic amines) is 1. The zero-order valence-electron chi connectivity index (χ0n) is 11.8. The predicted octanol–water partition coefficient (Wildman–Crippen LogP) is 1.02. The van der Waals surface area contributed by atoms with E-state index in [2.05, 4.69) is 0 Å². The summed E-state index contributed by atoms with van der Waals surface area (Å²) in [5.74, 6) is 0. The lowest BCUT2D eigenvalue weighted by Crippen LogP contribution is -2.39. The number of aliphatic hydroxyl groups is 1. The van der Waals surface area contributed by atoms with E-state index < -0.39 is 6.10 Å². The van der Waals surface area contributed by atoms with Crippen LogP contribution in [0.25, 0.3) is 0 Å². The molecule has 0 spiro atoms. The minimum absolute atomic E-state index is 0.110. The fourth-order valence-corrected chi connectivity index (χ4v) is 2.02. The van der Waals surface area contributed by atoms with Crippen LogP contribution in [-0.2, 0) is 14.2 Å². The van der Waals surface area contributed by atoms with Gasteiger partial charge in [-0.2, -0.15) is 0 Å². The molecule has 6 nitrogen and oxygen atoms in total. The summed E-state index contributed by atoms with van der Waals surface area (Å²) in [6.45, 7) is 4.21. The standard InChI is InChI=1S/C13H25NO5/c1-3-4-5-19-13(16)14-9-12(15)8-11(14)10-18-7-6-17-2/h11-12,15H,3-10H2,1-2H3. The van der Waals surface area contributed by atoms with Crippen LogP contribution in [0, 0.1) is 0 Å². The van der Waals surface area contributed by atoms with Crippen molar-refractivity contribution in [3.05, 3.63) is 0 Å². The highest BCUT2D eigenvalue weighted by atomic mass is 16.6. The van der Waals surface area contributed by atoms with Crippen LogP contribution >= 0.6 is 0 Å². The van der Waals surface area contributed by atoms with Crippen LogP contribution in [0.3, 0.4) is 0 Å². The van der Waals surface area contributed by atoms with E-state index in [0.717, 1.165) is 12.8 Å². The molecule has 1 saturated heterocycles. The van der Waals surface area contributed by atoms with E-state index in [1.54, 1.807) is 12.0 Å². The molecule has 1 aliphatic rings. The number of carbonyl (C=O) groups excluding carboxylic acids is 1. The van der Waals surface area contributed by atoms with Crippen LogP contribution < -0.4 is 0 Å². The van der Waals surface area contributed by atoms with Crippen molar-refractivity contribution >= 4 is 6.09 Å². The summed E-state index contributed by atoms with van der Waals surface area (Å²) < 4.78 is 15.5. The number of aliphatic hydroxyl groups excluding tert-OH is 1. The Morgan fingerprint density at radius 3 is 2.84 bits per heavy atom. The van der Waals surface area contributed by atoms with Crippen LogP contribution in [0.1, 0.15) is 26.2 Å². The van der Waals surface area contributed by atoms with E-state index in [-0.39, 0.29) is 12.1 Å². The minimum Gasteiger partial charge on any atom is -0.449 e. The van der Waals surface area contributed by atoms with E-state index in [9.17, 15) is 9.90 Å². The first-order chi connectivity index (χ1) is 9.19. The SMILES string of the molecule is CCCCOC(=O)N1CC(O)CC1COCCOC. The van der Waals surface area contributed by atoms with Crippen molar-refractivity contribution in [1.82, 2.24) is 4.90 Å². The molecule has 0 aromatic rings. The number of ether oxygens (including phenoxy) is 3. The fraction of sp³-hybridized carbons (Fsp3) is 0.923. The number of methoxy groups -OCH3 is 1. The lowest BCUT2D eigenvalue weighted by atomic mass is 10.2. The van der Waals surface area contributed by atoms with Gasteiger partial charge in [0.05, 0.1) is 45.1 Å². The van der Waals surface area contributed by atoms with Crippen molar-refractivity contribution in [2.45, 2.75) is 38.3 Å². The van der Waals surface area contributed by atoms with Gasteiger partial charge in [0.2, 0.25) is 0 Å². The van der Waals surface area contributed by atoms with Gasteiger partial charge >= 0.3 is 6.09 Å². The average Bonchev–Trinajstić information content (AvgIpc) is 2.76. The van der Waals surface area contributed by atoms with Gasteiger partial charge in [0.15, 0.2) is 0 Å². The second-order valence-electron chi connectivity index (χ2n) is 4.73. The molecule has 1 fully saturated rings. The van der Waals surface area contributed by atoms with Gasteiger partial charge in [0, 0.05) is 7.11 Å². The first-order valence-corrected chi connectivity index (χ1v) is 6.87. The molecular formula is C13H25NO5. The van der Waals surface area contributed by atoms with Crippen molar-refractivity contribution in [3.8, 4) is 0 Å². The predicted molar refractivity (Wildman–Crippen MR) is 70.1 cm³/mol. The lowest BCUT2D eigenvalue weighted by molar-refractivity contribution is 0.0346. The summed E-state index contributed by atoms with van der Waals surface area (Å²) >= 11 is 0. The Morgan fingerprint density at radius 1 is 1.37 bits per heavy atom. The van der Waals surface area contributed by atoms with Crippen LogP contribution in [0.4, 0.5) is 4.79 Å². The molecule has 19 heavy (non-hydrogen) atoms. The Hall–Kier alpha value is -0.850. The molecule has 0 aliphatic carbocycles. The largest absolute Gasteiger partial charge is 0.449 e. The summed E-state index contributed by atoms with van der Waals surface area (Å²) in [5.41, 5.74) is 0. The van der Waals surface area contributed by atoms with Crippen LogP contribution in [0.5, 0.6) is 0 Å². The molecule has 1 N–H and O–H groups in total. The van der Waals surface area contributed by atoms with E-state index in [1.807, 2.05) is 6.92 Å². The van der Waals surface area contributed by atoms with Crippen LogP contribution in [0.15, 0.2) is 0 Å². The highest BCUT2D eigenvalue weighted by molar-refractivity contribution is 5.68. The number of amides is 1. The highest BCUT2D eigenvalue weighted by Gasteiger charge is 2.35. The van der Waals surface area contributed by atoms with Gasteiger partial charge in [-0.15, -0.1) is 0 Å². The summed E-state index contributed by atoms with van der Waals surface area (Å²) in [4.78, 5) is 13.4. The van der Waals surface area contributed by atoms with E-state index in [1.165, 1.54) is 0 Å². The second-order valence-corrected chi connectivity index (χ2v) is 4.73. The molecule has 2 atom stereocenters. The van der Waals surface area contributed by atoms with Crippen molar-refractivity contribution in [3.63, 3.8) is 0 Å².